The molecule has 2 aromatic rings. The number of hydrogen-bond acceptors (Lipinski definition) is 6. The monoisotopic (exact) mass is 432 g/mol. The number of amides is 3. The summed E-state index contributed by atoms with van der Waals surface area (Å²) in [6.45, 7) is 8.11. The van der Waals surface area contributed by atoms with Crippen LogP contribution in [0.2, 0.25) is 0 Å². The first kappa shape index (κ1) is 23.3. The van der Waals surface area contributed by atoms with Gasteiger partial charge < -0.3 is 15.4 Å². The fraction of sp³-hybridized carbons (Fsp3) is 0.429. The first-order valence-electron chi connectivity index (χ1n) is 9.67. The predicted molar refractivity (Wildman–Crippen MR) is 117 cm³/mol. The number of thiazole rings is 1. The van der Waals surface area contributed by atoms with Gasteiger partial charge in [-0.25, -0.2) is 9.78 Å². The molecule has 1 unspecified atom stereocenters. The molecule has 0 spiro atoms. The molecule has 0 fully saturated rings. The molecule has 0 radical (unpaired) electrons. The van der Waals surface area contributed by atoms with E-state index in [0.29, 0.717) is 29.5 Å². The van der Waals surface area contributed by atoms with E-state index in [1.165, 1.54) is 11.3 Å². The summed E-state index contributed by atoms with van der Waals surface area (Å²) in [6, 6.07) is 8.85. The van der Waals surface area contributed by atoms with Crippen LogP contribution in [0.15, 0.2) is 35.7 Å². The zero-order chi connectivity index (χ0) is 22.1. The number of ether oxygens (including phenoxy) is 1. The Morgan fingerprint density at radius 3 is 2.43 bits per heavy atom. The Morgan fingerprint density at radius 1 is 1.10 bits per heavy atom. The quantitative estimate of drug-likeness (QED) is 0.593. The number of carbonyl (C=O) groups excluding carboxylic acids is 3. The maximum atomic E-state index is 12.1. The van der Waals surface area contributed by atoms with Crippen molar-refractivity contribution in [1.82, 2.24) is 15.6 Å². The largest absolute Gasteiger partial charge is 0.444 e. The second-order valence-corrected chi connectivity index (χ2v) is 8.79. The van der Waals surface area contributed by atoms with Crippen LogP contribution in [-0.4, -0.2) is 41.6 Å². The lowest BCUT2D eigenvalue weighted by Gasteiger charge is -2.20. The van der Waals surface area contributed by atoms with E-state index in [1.54, 1.807) is 50.4 Å². The minimum atomic E-state index is -0.547. The number of aromatic nitrogens is 1. The minimum Gasteiger partial charge on any atom is -0.444 e. The number of rotatable bonds is 8. The highest BCUT2D eigenvalue weighted by Crippen LogP contribution is 2.17. The van der Waals surface area contributed by atoms with E-state index in [4.69, 9.17) is 4.74 Å². The zero-order valence-corrected chi connectivity index (χ0v) is 18.5. The fourth-order valence-electron chi connectivity index (χ4n) is 2.36. The van der Waals surface area contributed by atoms with E-state index in [9.17, 15) is 14.4 Å². The molecule has 0 saturated carbocycles. The maximum absolute atomic E-state index is 12.1. The van der Waals surface area contributed by atoms with Gasteiger partial charge in [-0.3, -0.25) is 14.9 Å². The van der Waals surface area contributed by atoms with E-state index in [2.05, 4.69) is 20.9 Å². The van der Waals surface area contributed by atoms with Gasteiger partial charge in [0.25, 0.3) is 5.91 Å². The Hall–Kier alpha value is -2.94. The molecule has 1 aromatic carbocycles. The van der Waals surface area contributed by atoms with E-state index < -0.39 is 11.7 Å². The number of nitrogens with zero attached hydrogens (tertiary/aromatic N) is 1. The molecule has 8 nitrogen and oxygen atoms in total. The molecule has 30 heavy (non-hydrogen) atoms. The molecule has 0 aliphatic rings. The summed E-state index contributed by atoms with van der Waals surface area (Å²) in [7, 11) is 0. The van der Waals surface area contributed by atoms with Gasteiger partial charge in [0.2, 0.25) is 5.91 Å². The summed E-state index contributed by atoms with van der Waals surface area (Å²) in [6.07, 6.45) is -0.363. The summed E-state index contributed by atoms with van der Waals surface area (Å²) in [4.78, 5) is 40.2. The Kier molecular flexibility index (Phi) is 8.35. The number of carbonyl (C=O) groups is 3. The smallest absolute Gasteiger partial charge is 0.407 e. The SMILES string of the molecule is CC(CNC(=O)Cc1csc(NC(=O)c2ccccc2)n1)CNC(=O)OC(C)(C)C. The lowest BCUT2D eigenvalue weighted by atomic mass is 10.2. The van der Waals surface area contributed by atoms with Crippen LogP contribution < -0.4 is 16.0 Å². The molecule has 1 atom stereocenters. The Balaban J connectivity index is 1.71. The van der Waals surface area contributed by atoms with Gasteiger partial charge in [0.1, 0.15) is 5.60 Å². The maximum Gasteiger partial charge on any atom is 0.407 e. The van der Waals surface area contributed by atoms with Crippen LogP contribution in [0.1, 0.15) is 43.7 Å². The first-order valence-corrected chi connectivity index (χ1v) is 10.5. The standard InChI is InChI=1S/C21H28N4O4S/c1-14(12-23-20(28)29-21(2,3)4)11-22-17(26)10-16-13-30-19(24-16)25-18(27)15-8-6-5-7-9-15/h5-9,13-14H,10-12H2,1-4H3,(H,22,26)(H,23,28)(H,24,25,27). The molecule has 1 aromatic heterocycles. The summed E-state index contributed by atoms with van der Waals surface area (Å²) in [5.74, 6) is -0.379. The molecule has 0 bridgehead atoms. The zero-order valence-electron chi connectivity index (χ0n) is 17.7. The second kappa shape index (κ2) is 10.7. The van der Waals surface area contributed by atoms with Crippen LogP contribution in [0, 0.1) is 5.92 Å². The third kappa shape index (κ3) is 8.60. The van der Waals surface area contributed by atoms with Gasteiger partial charge in [-0.2, -0.15) is 0 Å². The third-order valence-electron chi connectivity index (χ3n) is 3.79. The van der Waals surface area contributed by atoms with Crippen molar-refractivity contribution in [1.29, 1.82) is 0 Å². The van der Waals surface area contributed by atoms with Gasteiger partial charge in [0, 0.05) is 24.0 Å². The lowest BCUT2D eigenvalue weighted by Crippen LogP contribution is -2.38. The number of nitrogens with one attached hydrogen (secondary N) is 3. The summed E-state index contributed by atoms with van der Waals surface area (Å²) >= 11 is 1.27. The van der Waals surface area contributed by atoms with Gasteiger partial charge in [-0.1, -0.05) is 25.1 Å². The summed E-state index contributed by atoms with van der Waals surface area (Å²) in [5.41, 5.74) is 0.579. The Morgan fingerprint density at radius 2 is 1.77 bits per heavy atom. The van der Waals surface area contributed by atoms with Gasteiger partial charge in [0.15, 0.2) is 5.13 Å². The molecule has 2 rings (SSSR count). The Labute approximate surface area is 180 Å². The average Bonchev–Trinajstić information content (AvgIpc) is 3.10. The molecular formula is C21H28N4O4S. The van der Waals surface area contributed by atoms with Crippen LogP contribution in [-0.2, 0) is 16.0 Å². The third-order valence-corrected chi connectivity index (χ3v) is 4.60. The minimum absolute atomic E-state index is 0.0395. The van der Waals surface area contributed by atoms with Crippen molar-refractivity contribution in [2.24, 2.45) is 5.92 Å². The first-order chi connectivity index (χ1) is 14.1. The van der Waals surface area contributed by atoms with Crippen molar-refractivity contribution < 1.29 is 19.1 Å². The van der Waals surface area contributed by atoms with E-state index in [0.717, 1.165) is 0 Å². The molecule has 0 aliphatic carbocycles. The second-order valence-electron chi connectivity index (χ2n) is 7.93. The van der Waals surface area contributed by atoms with Gasteiger partial charge >= 0.3 is 6.09 Å². The summed E-state index contributed by atoms with van der Waals surface area (Å²) in [5, 5.41) is 10.4. The van der Waals surface area contributed by atoms with Crippen molar-refractivity contribution in [2.75, 3.05) is 18.4 Å². The van der Waals surface area contributed by atoms with Crippen LogP contribution >= 0.6 is 11.3 Å². The highest BCUT2D eigenvalue weighted by molar-refractivity contribution is 7.14. The van der Waals surface area contributed by atoms with Crippen LogP contribution in [0.3, 0.4) is 0 Å². The average molecular weight is 433 g/mol. The number of alkyl carbamates (subject to hydrolysis) is 1. The van der Waals surface area contributed by atoms with Crippen molar-refractivity contribution in [3.05, 3.63) is 47.0 Å². The predicted octanol–water partition coefficient (Wildman–Crippen LogP) is 3.21. The molecular weight excluding hydrogens is 404 g/mol. The normalized spacial score (nSPS) is 12.0. The number of hydrogen-bond donors (Lipinski definition) is 3. The fourth-order valence-corrected chi connectivity index (χ4v) is 3.07. The van der Waals surface area contributed by atoms with Crippen molar-refractivity contribution >= 4 is 34.4 Å². The van der Waals surface area contributed by atoms with Crippen LogP contribution in [0.25, 0.3) is 0 Å². The molecule has 1 heterocycles. The van der Waals surface area contributed by atoms with E-state index in [1.807, 2.05) is 13.0 Å². The number of anilines is 1. The highest BCUT2D eigenvalue weighted by atomic mass is 32.1. The highest BCUT2D eigenvalue weighted by Gasteiger charge is 2.17. The molecule has 3 amide bonds. The molecule has 3 N–H and O–H groups in total. The van der Waals surface area contributed by atoms with Gasteiger partial charge in [-0.05, 0) is 38.8 Å². The number of benzene rings is 1. The van der Waals surface area contributed by atoms with Crippen LogP contribution in [0.5, 0.6) is 0 Å². The molecule has 162 valence electrons. The lowest BCUT2D eigenvalue weighted by molar-refractivity contribution is -0.120. The van der Waals surface area contributed by atoms with E-state index >= 15 is 0 Å². The molecule has 9 heteroatoms. The van der Waals surface area contributed by atoms with Crippen molar-refractivity contribution in [3.8, 4) is 0 Å². The summed E-state index contributed by atoms with van der Waals surface area (Å²) < 4.78 is 5.18. The van der Waals surface area contributed by atoms with Crippen molar-refractivity contribution in [2.45, 2.75) is 39.7 Å². The molecule has 0 saturated heterocycles. The topological polar surface area (TPSA) is 109 Å². The van der Waals surface area contributed by atoms with Gasteiger partial charge in [-0.15, -0.1) is 11.3 Å². The molecule has 0 aliphatic heterocycles. The van der Waals surface area contributed by atoms with Crippen LogP contribution in [0.4, 0.5) is 9.93 Å². The van der Waals surface area contributed by atoms with E-state index in [-0.39, 0.29) is 24.2 Å². The van der Waals surface area contributed by atoms with Crippen molar-refractivity contribution in [3.63, 3.8) is 0 Å². The van der Waals surface area contributed by atoms with Gasteiger partial charge in [0.05, 0.1) is 12.1 Å². The Bertz CT molecular complexity index is 861.